The molecule has 0 bridgehead atoms. The van der Waals surface area contributed by atoms with Gasteiger partial charge in [-0.2, -0.15) is 0 Å². The standard InChI is InChI=1S/C9H18N2/c1-5-6-10-7-11-9(4)8(2)3/h7-8H,5-6H2,1-4H3. The van der Waals surface area contributed by atoms with Crippen LogP contribution >= 0.6 is 0 Å². The zero-order valence-electron chi connectivity index (χ0n) is 7.96. The van der Waals surface area contributed by atoms with E-state index in [4.69, 9.17) is 0 Å². The van der Waals surface area contributed by atoms with Crippen LogP contribution in [0.5, 0.6) is 0 Å². The first-order valence-corrected chi connectivity index (χ1v) is 4.21. The van der Waals surface area contributed by atoms with Crippen molar-refractivity contribution in [2.45, 2.75) is 34.1 Å². The number of aliphatic imine (C=N–C) groups is 2. The highest BCUT2D eigenvalue weighted by Crippen LogP contribution is 1.94. The molecule has 2 nitrogen and oxygen atoms in total. The van der Waals surface area contributed by atoms with E-state index in [9.17, 15) is 0 Å². The molecule has 11 heavy (non-hydrogen) atoms. The highest BCUT2D eigenvalue weighted by atomic mass is 14.9. The van der Waals surface area contributed by atoms with Crippen LogP contribution in [0.1, 0.15) is 34.1 Å². The summed E-state index contributed by atoms with van der Waals surface area (Å²) in [7, 11) is 0. The average molecular weight is 154 g/mol. The lowest BCUT2D eigenvalue weighted by atomic mass is 10.1. The van der Waals surface area contributed by atoms with E-state index in [1.54, 1.807) is 6.34 Å². The summed E-state index contributed by atoms with van der Waals surface area (Å²) in [5.74, 6) is 0.531. The van der Waals surface area contributed by atoms with Gasteiger partial charge in [0.25, 0.3) is 0 Å². The first-order chi connectivity index (χ1) is 5.18. The van der Waals surface area contributed by atoms with Gasteiger partial charge in [0.2, 0.25) is 0 Å². The zero-order chi connectivity index (χ0) is 8.69. The summed E-state index contributed by atoms with van der Waals surface area (Å²) in [6, 6.07) is 0. The Kier molecular flexibility index (Phi) is 5.71. The van der Waals surface area contributed by atoms with Crippen molar-refractivity contribution in [1.82, 2.24) is 0 Å². The van der Waals surface area contributed by atoms with E-state index in [0.717, 1.165) is 18.7 Å². The summed E-state index contributed by atoms with van der Waals surface area (Å²) in [5, 5.41) is 0. The summed E-state index contributed by atoms with van der Waals surface area (Å²) in [6.45, 7) is 9.28. The highest BCUT2D eigenvalue weighted by molar-refractivity contribution is 5.89. The van der Waals surface area contributed by atoms with Gasteiger partial charge < -0.3 is 0 Å². The van der Waals surface area contributed by atoms with Crippen LogP contribution in [-0.4, -0.2) is 18.6 Å². The number of hydrogen-bond donors (Lipinski definition) is 0. The zero-order valence-corrected chi connectivity index (χ0v) is 7.96. The van der Waals surface area contributed by atoms with Crippen LogP contribution in [0.25, 0.3) is 0 Å². The Morgan fingerprint density at radius 1 is 1.45 bits per heavy atom. The summed E-state index contributed by atoms with van der Waals surface area (Å²) in [6.07, 6.45) is 2.76. The Hall–Kier alpha value is -0.660. The fourth-order valence-corrected chi connectivity index (χ4v) is 0.468. The van der Waals surface area contributed by atoms with E-state index >= 15 is 0 Å². The smallest absolute Gasteiger partial charge is 0.109 e. The van der Waals surface area contributed by atoms with Gasteiger partial charge >= 0.3 is 0 Å². The van der Waals surface area contributed by atoms with E-state index < -0.39 is 0 Å². The molecule has 0 N–H and O–H groups in total. The molecule has 0 atom stereocenters. The van der Waals surface area contributed by atoms with Crippen molar-refractivity contribution in [2.24, 2.45) is 15.9 Å². The lowest BCUT2D eigenvalue weighted by Gasteiger charge is -1.99. The molecule has 0 heterocycles. The van der Waals surface area contributed by atoms with Gasteiger partial charge in [-0.3, -0.25) is 4.99 Å². The van der Waals surface area contributed by atoms with E-state index in [0.29, 0.717) is 5.92 Å². The first kappa shape index (κ1) is 10.3. The van der Waals surface area contributed by atoms with Crippen LogP contribution in [0.15, 0.2) is 9.98 Å². The summed E-state index contributed by atoms with van der Waals surface area (Å²) in [5.41, 5.74) is 1.14. The van der Waals surface area contributed by atoms with E-state index in [2.05, 4.69) is 30.8 Å². The minimum absolute atomic E-state index is 0.531. The second-order valence-electron chi connectivity index (χ2n) is 2.95. The quantitative estimate of drug-likeness (QED) is 0.439. The van der Waals surface area contributed by atoms with Gasteiger partial charge in [0.05, 0.1) is 0 Å². The molecule has 0 unspecified atom stereocenters. The van der Waals surface area contributed by atoms with Crippen LogP contribution in [0.4, 0.5) is 0 Å². The molecule has 0 saturated carbocycles. The Labute approximate surface area is 69.4 Å². The van der Waals surface area contributed by atoms with E-state index in [-0.39, 0.29) is 0 Å². The molecule has 0 amide bonds. The molecule has 0 aliphatic carbocycles. The molecular weight excluding hydrogens is 136 g/mol. The Morgan fingerprint density at radius 2 is 2.09 bits per heavy atom. The van der Waals surface area contributed by atoms with Crippen molar-refractivity contribution in [1.29, 1.82) is 0 Å². The van der Waals surface area contributed by atoms with Gasteiger partial charge in [-0.15, -0.1) is 0 Å². The lowest BCUT2D eigenvalue weighted by molar-refractivity contribution is 0.880. The van der Waals surface area contributed by atoms with Gasteiger partial charge in [-0.1, -0.05) is 20.8 Å². The van der Waals surface area contributed by atoms with Crippen molar-refractivity contribution in [3.63, 3.8) is 0 Å². The Morgan fingerprint density at radius 3 is 2.55 bits per heavy atom. The van der Waals surface area contributed by atoms with Gasteiger partial charge in [-0.05, 0) is 19.3 Å². The fraction of sp³-hybridized carbons (Fsp3) is 0.778. The van der Waals surface area contributed by atoms with E-state index in [1.165, 1.54) is 0 Å². The number of nitrogens with zero attached hydrogens (tertiary/aromatic N) is 2. The molecule has 0 saturated heterocycles. The monoisotopic (exact) mass is 154 g/mol. The second kappa shape index (κ2) is 6.08. The SMILES string of the molecule is CCCN=CN=C(C)C(C)C. The van der Waals surface area contributed by atoms with Crippen molar-refractivity contribution < 1.29 is 0 Å². The molecule has 2 heteroatoms. The van der Waals surface area contributed by atoms with Crippen molar-refractivity contribution >= 4 is 12.1 Å². The number of hydrogen-bond acceptors (Lipinski definition) is 1. The van der Waals surface area contributed by atoms with Crippen molar-refractivity contribution in [3.05, 3.63) is 0 Å². The summed E-state index contributed by atoms with van der Waals surface area (Å²) in [4.78, 5) is 8.29. The normalized spacial score (nSPS) is 13.4. The van der Waals surface area contributed by atoms with Gasteiger partial charge in [-0.25, -0.2) is 4.99 Å². The minimum Gasteiger partial charge on any atom is -0.274 e. The van der Waals surface area contributed by atoms with Gasteiger partial charge in [0.1, 0.15) is 6.34 Å². The second-order valence-corrected chi connectivity index (χ2v) is 2.95. The molecule has 0 spiro atoms. The fourth-order valence-electron chi connectivity index (χ4n) is 0.468. The Bertz CT molecular complexity index is 146. The third-order valence-corrected chi connectivity index (χ3v) is 1.53. The van der Waals surface area contributed by atoms with Crippen LogP contribution in [0, 0.1) is 5.92 Å². The van der Waals surface area contributed by atoms with Crippen LogP contribution < -0.4 is 0 Å². The lowest BCUT2D eigenvalue weighted by Crippen LogP contribution is -2.01. The largest absolute Gasteiger partial charge is 0.274 e. The maximum Gasteiger partial charge on any atom is 0.109 e. The van der Waals surface area contributed by atoms with E-state index in [1.807, 2.05) is 6.92 Å². The summed E-state index contributed by atoms with van der Waals surface area (Å²) < 4.78 is 0. The molecule has 0 fully saturated rings. The molecule has 0 aliphatic heterocycles. The highest BCUT2D eigenvalue weighted by Gasteiger charge is 1.94. The van der Waals surface area contributed by atoms with Crippen LogP contribution in [-0.2, 0) is 0 Å². The topological polar surface area (TPSA) is 24.7 Å². The third kappa shape index (κ3) is 5.77. The molecule has 0 aromatic heterocycles. The van der Waals surface area contributed by atoms with Gasteiger partial charge in [0, 0.05) is 12.3 Å². The third-order valence-electron chi connectivity index (χ3n) is 1.53. The maximum absolute atomic E-state index is 4.19. The number of rotatable bonds is 4. The maximum atomic E-state index is 4.19. The predicted octanol–water partition coefficient (Wildman–Crippen LogP) is 2.54. The van der Waals surface area contributed by atoms with Gasteiger partial charge in [0.15, 0.2) is 0 Å². The first-order valence-electron chi connectivity index (χ1n) is 4.21. The molecular formula is C9H18N2. The van der Waals surface area contributed by atoms with Crippen molar-refractivity contribution in [2.75, 3.05) is 6.54 Å². The molecule has 0 aromatic rings. The van der Waals surface area contributed by atoms with Crippen LogP contribution in [0.2, 0.25) is 0 Å². The average Bonchev–Trinajstić information content (AvgIpc) is 1.97. The predicted molar refractivity (Wildman–Crippen MR) is 51.6 cm³/mol. The molecule has 64 valence electrons. The molecule has 0 radical (unpaired) electrons. The molecule has 0 rings (SSSR count). The Balaban J connectivity index is 3.72. The molecule has 0 aliphatic rings. The summed E-state index contributed by atoms with van der Waals surface area (Å²) >= 11 is 0. The van der Waals surface area contributed by atoms with Crippen LogP contribution in [0.3, 0.4) is 0 Å². The minimum atomic E-state index is 0.531. The van der Waals surface area contributed by atoms with Crippen molar-refractivity contribution in [3.8, 4) is 0 Å². The molecule has 0 aromatic carbocycles.